The second-order valence-corrected chi connectivity index (χ2v) is 3.62. The minimum Gasteiger partial charge on any atom is -0.481 e. The molecule has 0 amide bonds. The van der Waals surface area contributed by atoms with Crippen molar-refractivity contribution in [3.05, 3.63) is 0 Å². The predicted molar refractivity (Wildman–Crippen MR) is 47.1 cm³/mol. The van der Waals surface area contributed by atoms with Crippen molar-refractivity contribution in [2.45, 2.75) is 38.6 Å². The lowest BCUT2D eigenvalue weighted by Crippen LogP contribution is -2.36. The molecule has 12 heavy (non-hydrogen) atoms. The first-order chi connectivity index (χ1) is 5.70. The third kappa shape index (κ3) is 2.81. The zero-order valence-electron chi connectivity index (χ0n) is 7.55. The Labute approximate surface area is 73.2 Å². The van der Waals surface area contributed by atoms with Gasteiger partial charge in [0.05, 0.1) is 5.92 Å². The average Bonchev–Trinajstić information content (AvgIpc) is 2.06. The molecule has 0 spiro atoms. The van der Waals surface area contributed by atoms with Gasteiger partial charge >= 0.3 is 5.97 Å². The molecule has 0 radical (unpaired) electrons. The molecule has 1 heterocycles. The molecule has 3 heteroatoms. The number of piperidine rings is 1. The summed E-state index contributed by atoms with van der Waals surface area (Å²) in [6, 6.07) is 0.435. The van der Waals surface area contributed by atoms with E-state index in [2.05, 4.69) is 5.32 Å². The standard InChI is InChI=1S/C9H17NO2/c1-7(9(11)12)6-8-4-2-3-5-10-8/h7-8,10H,2-6H2,1H3,(H,11,12)/t7-,8+/m0/s1. The molecule has 0 unspecified atom stereocenters. The van der Waals surface area contributed by atoms with Crippen LogP contribution in [-0.4, -0.2) is 23.7 Å². The fourth-order valence-corrected chi connectivity index (χ4v) is 1.65. The van der Waals surface area contributed by atoms with Crippen LogP contribution in [-0.2, 0) is 4.79 Å². The summed E-state index contributed by atoms with van der Waals surface area (Å²) in [5.41, 5.74) is 0. The number of nitrogens with one attached hydrogen (secondary N) is 1. The zero-order valence-corrected chi connectivity index (χ0v) is 7.55. The van der Waals surface area contributed by atoms with E-state index < -0.39 is 5.97 Å². The lowest BCUT2D eigenvalue weighted by atomic mass is 9.95. The van der Waals surface area contributed by atoms with E-state index in [4.69, 9.17) is 5.11 Å². The second kappa shape index (κ2) is 4.45. The normalized spacial score (nSPS) is 26.6. The molecule has 2 N–H and O–H groups in total. The van der Waals surface area contributed by atoms with Gasteiger partial charge in [0.25, 0.3) is 0 Å². The molecular weight excluding hydrogens is 154 g/mol. The quantitative estimate of drug-likeness (QED) is 0.671. The Morgan fingerprint density at radius 1 is 1.67 bits per heavy atom. The van der Waals surface area contributed by atoms with Crippen LogP contribution in [0, 0.1) is 5.92 Å². The second-order valence-electron chi connectivity index (χ2n) is 3.62. The highest BCUT2D eigenvalue weighted by molar-refractivity contribution is 5.69. The SMILES string of the molecule is C[C@@H](C[C@H]1CCCCN1)C(=O)O. The molecule has 3 nitrogen and oxygen atoms in total. The Morgan fingerprint density at radius 3 is 2.92 bits per heavy atom. The summed E-state index contributed by atoms with van der Waals surface area (Å²) in [7, 11) is 0. The molecular formula is C9H17NO2. The molecule has 0 aromatic rings. The lowest BCUT2D eigenvalue weighted by Gasteiger charge is -2.24. The first-order valence-corrected chi connectivity index (χ1v) is 4.66. The van der Waals surface area contributed by atoms with Crippen LogP contribution in [0.2, 0.25) is 0 Å². The molecule has 1 rings (SSSR count). The molecule has 1 saturated heterocycles. The van der Waals surface area contributed by atoms with E-state index in [9.17, 15) is 4.79 Å². The molecule has 0 aliphatic carbocycles. The van der Waals surface area contributed by atoms with Gasteiger partial charge in [0.1, 0.15) is 0 Å². The van der Waals surface area contributed by atoms with E-state index >= 15 is 0 Å². The molecule has 1 aliphatic rings. The van der Waals surface area contributed by atoms with Crippen molar-refractivity contribution in [2.75, 3.05) is 6.54 Å². The van der Waals surface area contributed by atoms with Gasteiger partial charge in [-0.25, -0.2) is 0 Å². The van der Waals surface area contributed by atoms with E-state index in [1.165, 1.54) is 12.8 Å². The fraction of sp³-hybridized carbons (Fsp3) is 0.889. The van der Waals surface area contributed by atoms with Crippen molar-refractivity contribution in [1.82, 2.24) is 5.32 Å². The number of carboxylic acid groups (broad SMARTS) is 1. The van der Waals surface area contributed by atoms with Gasteiger partial charge in [-0.1, -0.05) is 13.3 Å². The molecule has 70 valence electrons. The van der Waals surface area contributed by atoms with Gasteiger partial charge in [-0.2, -0.15) is 0 Å². The maximum atomic E-state index is 10.5. The van der Waals surface area contributed by atoms with Crippen molar-refractivity contribution in [3.63, 3.8) is 0 Å². The van der Waals surface area contributed by atoms with Gasteiger partial charge in [0.2, 0.25) is 0 Å². The van der Waals surface area contributed by atoms with E-state index in [0.717, 1.165) is 19.4 Å². The van der Waals surface area contributed by atoms with Gasteiger partial charge in [-0.3, -0.25) is 4.79 Å². The minimum absolute atomic E-state index is 0.208. The van der Waals surface area contributed by atoms with Crippen molar-refractivity contribution in [2.24, 2.45) is 5.92 Å². The van der Waals surface area contributed by atoms with Crippen LogP contribution in [0.4, 0.5) is 0 Å². The van der Waals surface area contributed by atoms with Crippen LogP contribution in [0.1, 0.15) is 32.6 Å². The highest BCUT2D eigenvalue weighted by Crippen LogP contribution is 2.14. The van der Waals surface area contributed by atoms with Crippen molar-refractivity contribution >= 4 is 5.97 Å². The molecule has 0 saturated carbocycles. The van der Waals surface area contributed by atoms with Gasteiger partial charge in [-0.05, 0) is 25.8 Å². The van der Waals surface area contributed by atoms with Crippen LogP contribution in [0.25, 0.3) is 0 Å². The summed E-state index contributed by atoms with van der Waals surface area (Å²) in [5.74, 6) is -0.886. The van der Waals surface area contributed by atoms with Gasteiger partial charge in [-0.15, -0.1) is 0 Å². The molecule has 1 fully saturated rings. The maximum Gasteiger partial charge on any atom is 0.306 e. The summed E-state index contributed by atoms with van der Waals surface area (Å²) in [6.45, 7) is 2.83. The van der Waals surface area contributed by atoms with E-state index in [0.29, 0.717) is 6.04 Å². The van der Waals surface area contributed by atoms with Gasteiger partial charge < -0.3 is 10.4 Å². The Hall–Kier alpha value is -0.570. The van der Waals surface area contributed by atoms with Crippen LogP contribution in [0.15, 0.2) is 0 Å². The number of hydrogen-bond acceptors (Lipinski definition) is 2. The topological polar surface area (TPSA) is 49.3 Å². The van der Waals surface area contributed by atoms with Gasteiger partial charge in [0.15, 0.2) is 0 Å². The molecule has 0 bridgehead atoms. The number of carboxylic acids is 1. The third-order valence-corrected chi connectivity index (χ3v) is 2.47. The third-order valence-electron chi connectivity index (χ3n) is 2.47. The Kier molecular flexibility index (Phi) is 3.53. The Balaban J connectivity index is 2.24. The molecule has 1 aliphatic heterocycles. The van der Waals surface area contributed by atoms with Crippen molar-refractivity contribution < 1.29 is 9.90 Å². The minimum atomic E-state index is -0.678. The summed E-state index contributed by atoms with van der Waals surface area (Å²) in [6.07, 6.45) is 4.38. The van der Waals surface area contributed by atoms with Crippen LogP contribution >= 0.6 is 0 Å². The van der Waals surface area contributed by atoms with Crippen LogP contribution in [0.5, 0.6) is 0 Å². The number of carbonyl (C=O) groups is 1. The first kappa shape index (κ1) is 9.52. The zero-order chi connectivity index (χ0) is 8.97. The Morgan fingerprint density at radius 2 is 2.42 bits per heavy atom. The molecule has 0 aromatic heterocycles. The monoisotopic (exact) mass is 171 g/mol. The Bertz CT molecular complexity index is 153. The van der Waals surface area contributed by atoms with E-state index in [1.807, 2.05) is 0 Å². The predicted octanol–water partition coefficient (Wildman–Crippen LogP) is 1.24. The van der Waals surface area contributed by atoms with Crippen molar-refractivity contribution in [3.8, 4) is 0 Å². The van der Waals surface area contributed by atoms with Gasteiger partial charge in [0, 0.05) is 6.04 Å². The molecule has 0 aromatic carbocycles. The molecule has 2 atom stereocenters. The lowest BCUT2D eigenvalue weighted by molar-refractivity contribution is -0.141. The van der Waals surface area contributed by atoms with E-state index in [-0.39, 0.29) is 5.92 Å². The average molecular weight is 171 g/mol. The van der Waals surface area contributed by atoms with Crippen LogP contribution < -0.4 is 5.32 Å². The highest BCUT2D eigenvalue weighted by atomic mass is 16.4. The highest BCUT2D eigenvalue weighted by Gasteiger charge is 2.19. The largest absolute Gasteiger partial charge is 0.481 e. The summed E-state index contributed by atoms with van der Waals surface area (Å²) in [5, 5.41) is 12.0. The smallest absolute Gasteiger partial charge is 0.306 e. The maximum absolute atomic E-state index is 10.5. The van der Waals surface area contributed by atoms with Crippen molar-refractivity contribution in [1.29, 1.82) is 0 Å². The summed E-state index contributed by atoms with van der Waals surface area (Å²) >= 11 is 0. The fourth-order valence-electron chi connectivity index (χ4n) is 1.65. The first-order valence-electron chi connectivity index (χ1n) is 4.66. The summed E-state index contributed by atoms with van der Waals surface area (Å²) in [4.78, 5) is 10.5. The number of hydrogen-bond donors (Lipinski definition) is 2. The number of rotatable bonds is 3. The van der Waals surface area contributed by atoms with Crippen LogP contribution in [0.3, 0.4) is 0 Å². The van der Waals surface area contributed by atoms with E-state index in [1.54, 1.807) is 6.92 Å². The number of aliphatic carboxylic acids is 1. The summed E-state index contributed by atoms with van der Waals surface area (Å²) < 4.78 is 0.